The number of fused-ring (bicyclic) bond motifs is 1. The number of rotatable bonds is 4. The molecule has 6 heteroatoms. The fourth-order valence-electron chi connectivity index (χ4n) is 3.42. The zero-order valence-electron chi connectivity index (χ0n) is 15.7. The van der Waals surface area contributed by atoms with Gasteiger partial charge in [-0.25, -0.2) is 9.79 Å². The van der Waals surface area contributed by atoms with Crippen LogP contribution in [0.15, 0.2) is 82.3 Å². The number of carbonyl (C=O) groups excluding carboxylic acids is 1. The Labute approximate surface area is 179 Å². The Kier molecular flexibility index (Phi) is 6.42. The van der Waals surface area contributed by atoms with E-state index in [1.165, 1.54) is 0 Å². The smallest absolute Gasteiger partial charge is 0.338 e. The van der Waals surface area contributed by atoms with Gasteiger partial charge in [-0.2, -0.15) is 0 Å². The minimum atomic E-state index is -0.309. The number of carbonyl (C=O) groups is 1. The zero-order valence-corrected chi connectivity index (χ0v) is 18.2. The third-order valence-electron chi connectivity index (χ3n) is 4.61. The number of ether oxygens (including phenoxy) is 1. The molecule has 0 aliphatic carbocycles. The fourth-order valence-corrected chi connectivity index (χ4v) is 4.39. The molecule has 1 atom stereocenters. The number of amidine groups is 1. The van der Waals surface area contributed by atoms with E-state index < -0.39 is 0 Å². The Morgan fingerprint density at radius 3 is 2.39 bits per heavy atom. The summed E-state index contributed by atoms with van der Waals surface area (Å²) in [7, 11) is 0. The maximum atomic E-state index is 12.8. The van der Waals surface area contributed by atoms with E-state index in [4.69, 9.17) is 9.73 Å². The molecule has 0 spiro atoms. The Balaban J connectivity index is 0.00000225. The SMILES string of the molecule is Br.CCOC(=O)C1=C(C)N=C2SC=C(c3ccccc3)N2C1c1ccccc1. The number of allylic oxidation sites excluding steroid dienone is 1. The van der Waals surface area contributed by atoms with Crippen molar-refractivity contribution < 1.29 is 9.53 Å². The van der Waals surface area contributed by atoms with Crippen LogP contribution in [-0.2, 0) is 9.53 Å². The molecular formula is C22H21BrN2O2S. The number of esters is 1. The van der Waals surface area contributed by atoms with Crippen LogP contribution in [0.1, 0.15) is 31.0 Å². The monoisotopic (exact) mass is 456 g/mol. The minimum Gasteiger partial charge on any atom is -0.463 e. The highest BCUT2D eigenvalue weighted by molar-refractivity contribution is 8.93. The average Bonchev–Trinajstić information content (AvgIpc) is 3.11. The first-order chi connectivity index (χ1) is 13.2. The lowest BCUT2D eigenvalue weighted by molar-refractivity contribution is -0.139. The molecule has 2 aromatic carbocycles. The van der Waals surface area contributed by atoms with E-state index >= 15 is 0 Å². The molecule has 0 saturated heterocycles. The average molecular weight is 457 g/mol. The molecular weight excluding hydrogens is 436 g/mol. The topological polar surface area (TPSA) is 41.9 Å². The van der Waals surface area contributed by atoms with Crippen LogP contribution in [0.4, 0.5) is 0 Å². The van der Waals surface area contributed by atoms with Crippen molar-refractivity contribution in [2.45, 2.75) is 19.9 Å². The second-order valence-corrected chi connectivity index (χ2v) is 7.12. The summed E-state index contributed by atoms with van der Waals surface area (Å²) in [5.74, 6) is -0.309. The molecule has 2 aliphatic rings. The first kappa shape index (κ1) is 20.4. The third kappa shape index (κ3) is 3.66. The molecule has 0 saturated carbocycles. The molecule has 0 aromatic heterocycles. The number of benzene rings is 2. The van der Waals surface area contributed by atoms with Gasteiger partial charge >= 0.3 is 5.97 Å². The molecule has 4 rings (SSSR count). The third-order valence-corrected chi connectivity index (χ3v) is 5.45. The lowest BCUT2D eigenvalue weighted by atomic mass is 9.93. The molecule has 1 unspecified atom stereocenters. The van der Waals surface area contributed by atoms with Crippen molar-refractivity contribution >= 4 is 45.6 Å². The van der Waals surface area contributed by atoms with Gasteiger partial charge in [-0.1, -0.05) is 72.4 Å². The van der Waals surface area contributed by atoms with Gasteiger partial charge in [-0.15, -0.1) is 17.0 Å². The first-order valence-corrected chi connectivity index (χ1v) is 9.81. The predicted octanol–water partition coefficient (Wildman–Crippen LogP) is 5.56. The predicted molar refractivity (Wildman–Crippen MR) is 120 cm³/mol. The zero-order chi connectivity index (χ0) is 18.8. The number of nitrogens with zero attached hydrogens (tertiary/aromatic N) is 2. The summed E-state index contributed by atoms with van der Waals surface area (Å²) in [4.78, 5) is 19.7. The highest BCUT2D eigenvalue weighted by Crippen LogP contribution is 2.46. The van der Waals surface area contributed by atoms with Crippen LogP contribution in [0.3, 0.4) is 0 Å². The van der Waals surface area contributed by atoms with Crippen molar-refractivity contribution in [3.8, 4) is 0 Å². The van der Waals surface area contributed by atoms with E-state index in [0.29, 0.717) is 17.9 Å². The van der Waals surface area contributed by atoms with Gasteiger partial charge in [0, 0.05) is 5.41 Å². The van der Waals surface area contributed by atoms with Crippen molar-refractivity contribution in [3.05, 3.63) is 88.5 Å². The van der Waals surface area contributed by atoms with Gasteiger partial charge in [-0.05, 0) is 25.0 Å². The molecule has 28 heavy (non-hydrogen) atoms. The molecule has 2 aromatic rings. The van der Waals surface area contributed by atoms with Crippen LogP contribution >= 0.6 is 28.7 Å². The maximum absolute atomic E-state index is 12.8. The van der Waals surface area contributed by atoms with Crippen LogP contribution in [0, 0.1) is 0 Å². The molecule has 2 aliphatic heterocycles. The van der Waals surface area contributed by atoms with Crippen molar-refractivity contribution in [1.29, 1.82) is 0 Å². The normalized spacial score (nSPS) is 18.1. The summed E-state index contributed by atoms with van der Waals surface area (Å²) in [6.07, 6.45) is 0. The van der Waals surface area contributed by atoms with Gasteiger partial charge in [-0.3, -0.25) is 0 Å². The molecule has 0 fully saturated rings. The van der Waals surface area contributed by atoms with Gasteiger partial charge < -0.3 is 9.64 Å². The van der Waals surface area contributed by atoms with Crippen LogP contribution < -0.4 is 0 Å². The van der Waals surface area contributed by atoms with Gasteiger partial charge in [0.05, 0.1) is 29.6 Å². The summed E-state index contributed by atoms with van der Waals surface area (Å²) >= 11 is 1.59. The standard InChI is InChI=1S/C22H20N2O2S.BrH/c1-3-26-21(25)19-15(2)23-22-24(20(19)17-12-8-5-9-13-17)18(14-27-22)16-10-6-4-7-11-16;/h4-14,20H,3H2,1-2H3;1H. The van der Waals surface area contributed by atoms with E-state index in [0.717, 1.165) is 22.0 Å². The van der Waals surface area contributed by atoms with Gasteiger partial charge in [0.2, 0.25) is 0 Å². The van der Waals surface area contributed by atoms with Crippen LogP contribution in [-0.4, -0.2) is 22.6 Å². The van der Waals surface area contributed by atoms with E-state index in [1.807, 2.05) is 62.4 Å². The van der Waals surface area contributed by atoms with Crippen LogP contribution in [0.25, 0.3) is 5.70 Å². The summed E-state index contributed by atoms with van der Waals surface area (Å²) in [5, 5.41) is 2.99. The largest absolute Gasteiger partial charge is 0.463 e. The van der Waals surface area contributed by atoms with E-state index in [9.17, 15) is 4.79 Å². The number of hydrogen-bond donors (Lipinski definition) is 0. The quantitative estimate of drug-likeness (QED) is 0.564. The van der Waals surface area contributed by atoms with Crippen molar-refractivity contribution in [2.24, 2.45) is 4.99 Å². The summed E-state index contributed by atoms with van der Waals surface area (Å²) in [6, 6.07) is 20.0. The molecule has 4 nitrogen and oxygen atoms in total. The second kappa shape index (κ2) is 8.80. The first-order valence-electron chi connectivity index (χ1n) is 8.93. The number of thioether (sulfide) groups is 1. The Morgan fingerprint density at radius 2 is 1.75 bits per heavy atom. The molecule has 0 bridgehead atoms. The van der Waals surface area contributed by atoms with Crippen molar-refractivity contribution in [2.75, 3.05) is 6.61 Å². The summed E-state index contributed by atoms with van der Waals surface area (Å²) in [6.45, 7) is 4.04. The highest BCUT2D eigenvalue weighted by atomic mass is 79.9. The fraction of sp³-hybridized carbons (Fsp3) is 0.182. The van der Waals surface area contributed by atoms with E-state index in [1.54, 1.807) is 11.8 Å². The van der Waals surface area contributed by atoms with Crippen LogP contribution in [0.5, 0.6) is 0 Å². The minimum absolute atomic E-state index is 0. The molecule has 2 heterocycles. The maximum Gasteiger partial charge on any atom is 0.338 e. The van der Waals surface area contributed by atoms with Gasteiger partial charge in [0.1, 0.15) is 0 Å². The van der Waals surface area contributed by atoms with Gasteiger partial charge in [0.25, 0.3) is 0 Å². The number of hydrogen-bond acceptors (Lipinski definition) is 5. The van der Waals surface area contributed by atoms with E-state index in [-0.39, 0.29) is 29.0 Å². The molecule has 0 N–H and O–H groups in total. The highest BCUT2D eigenvalue weighted by Gasteiger charge is 2.40. The molecule has 0 radical (unpaired) electrons. The molecule has 144 valence electrons. The van der Waals surface area contributed by atoms with Crippen molar-refractivity contribution in [3.63, 3.8) is 0 Å². The lowest BCUT2D eigenvalue weighted by Gasteiger charge is -2.36. The molecule has 0 amide bonds. The van der Waals surface area contributed by atoms with Gasteiger partial charge in [0.15, 0.2) is 5.17 Å². The van der Waals surface area contributed by atoms with E-state index in [2.05, 4.69) is 22.4 Å². The Bertz CT molecular complexity index is 955. The summed E-state index contributed by atoms with van der Waals surface area (Å²) in [5.41, 5.74) is 4.48. The Hall–Kier alpha value is -2.31. The number of aliphatic imine (C=N–C) groups is 1. The summed E-state index contributed by atoms with van der Waals surface area (Å²) < 4.78 is 5.37. The lowest BCUT2D eigenvalue weighted by Crippen LogP contribution is -2.36. The number of halogens is 1. The Morgan fingerprint density at radius 1 is 1.11 bits per heavy atom. The van der Waals surface area contributed by atoms with Crippen molar-refractivity contribution in [1.82, 2.24) is 4.90 Å². The second-order valence-electron chi connectivity index (χ2n) is 6.28. The van der Waals surface area contributed by atoms with Crippen LogP contribution in [0.2, 0.25) is 0 Å².